The van der Waals surface area contributed by atoms with Crippen molar-refractivity contribution in [3.05, 3.63) is 108 Å². The van der Waals surface area contributed by atoms with Gasteiger partial charge in [0.1, 0.15) is 5.41 Å². The van der Waals surface area contributed by atoms with E-state index in [9.17, 15) is 4.79 Å². The maximum atomic E-state index is 13.9. The molecule has 0 atom stereocenters. The Morgan fingerprint density at radius 2 is 1.32 bits per heavy atom. The lowest BCUT2D eigenvalue weighted by molar-refractivity contribution is -0.127. The van der Waals surface area contributed by atoms with Crippen molar-refractivity contribution in [2.24, 2.45) is 5.41 Å². The van der Waals surface area contributed by atoms with Gasteiger partial charge in [0.05, 0.1) is 5.41 Å². The van der Waals surface area contributed by atoms with E-state index in [1.807, 2.05) is 93.6 Å². The molecule has 3 rings (SSSR count). The Hall–Kier alpha value is -2.67. The zero-order chi connectivity index (χ0) is 18.1. The van der Waals surface area contributed by atoms with Gasteiger partial charge in [-0.1, -0.05) is 85.5 Å². The van der Waals surface area contributed by atoms with Crippen LogP contribution in [0.25, 0.3) is 0 Å². The molecule has 1 heteroatoms. The lowest BCUT2D eigenvalue weighted by atomic mass is 9.66. The summed E-state index contributed by atoms with van der Waals surface area (Å²) in [5, 5.41) is 0. The van der Waals surface area contributed by atoms with Gasteiger partial charge in [-0.25, -0.2) is 0 Å². The molecule has 0 aliphatic heterocycles. The van der Waals surface area contributed by atoms with E-state index in [1.165, 1.54) is 0 Å². The van der Waals surface area contributed by atoms with Crippen molar-refractivity contribution >= 4 is 5.78 Å². The minimum Gasteiger partial charge on any atom is -0.297 e. The number of hydrogen-bond acceptors (Lipinski definition) is 1. The van der Waals surface area contributed by atoms with Crippen LogP contribution in [-0.4, -0.2) is 5.78 Å². The molecular weight excluding hydrogens is 304 g/mol. The SMILES string of the molecule is C=CC1=C(/C=C\C)C(C)(C)C(=O)C1(c1ccccc1)c1ccccc1. The van der Waals surface area contributed by atoms with Crippen LogP contribution < -0.4 is 0 Å². The second-order valence-electron chi connectivity index (χ2n) is 6.97. The van der Waals surface area contributed by atoms with E-state index in [2.05, 4.69) is 12.7 Å². The Bertz CT molecular complexity index is 812. The van der Waals surface area contributed by atoms with Gasteiger partial charge in [-0.05, 0) is 43.0 Å². The molecule has 1 nitrogen and oxygen atoms in total. The standard InChI is InChI=1S/C24H24O/c1-5-13-21-20(6-2)24(22(25)23(21,3)4,18-14-9-7-10-15-18)19-16-11-8-12-17-19/h5-17H,2H2,1,3-4H3/b13-5-. The highest BCUT2D eigenvalue weighted by Crippen LogP contribution is 2.55. The van der Waals surface area contributed by atoms with E-state index in [1.54, 1.807) is 0 Å². The highest BCUT2D eigenvalue weighted by Gasteiger charge is 2.57. The number of ketones is 1. The Balaban J connectivity index is 2.47. The van der Waals surface area contributed by atoms with Crippen molar-refractivity contribution < 1.29 is 4.79 Å². The van der Waals surface area contributed by atoms with Gasteiger partial charge in [0.15, 0.2) is 5.78 Å². The maximum absolute atomic E-state index is 13.9. The van der Waals surface area contributed by atoms with Crippen LogP contribution >= 0.6 is 0 Å². The van der Waals surface area contributed by atoms with E-state index in [0.717, 1.165) is 22.3 Å². The number of carbonyl (C=O) groups is 1. The molecule has 0 saturated heterocycles. The van der Waals surface area contributed by atoms with E-state index < -0.39 is 10.8 Å². The first-order chi connectivity index (χ1) is 12.0. The molecule has 0 fully saturated rings. The highest BCUT2D eigenvalue weighted by atomic mass is 16.1. The molecule has 2 aromatic carbocycles. The fourth-order valence-electron chi connectivity index (χ4n) is 4.10. The first-order valence-corrected chi connectivity index (χ1v) is 8.67. The predicted molar refractivity (Wildman–Crippen MR) is 104 cm³/mol. The van der Waals surface area contributed by atoms with Gasteiger partial charge in [0, 0.05) is 0 Å². The summed E-state index contributed by atoms with van der Waals surface area (Å²) in [6.45, 7) is 10.1. The van der Waals surface area contributed by atoms with Crippen LogP contribution in [0.1, 0.15) is 31.9 Å². The van der Waals surface area contributed by atoms with Crippen LogP contribution in [0.3, 0.4) is 0 Å². The van der Waals surface area contributed by atoms with Crippen LogP contribution in [0.5, 0.6) is 0 Å². The van der Waals surface area contributed by atoms with Gasteiger partial charge in [0.25, 0.3) is 0 Å². The summed E-state index contributed by atoms with van der Waals surface area (Å²) in [5.41, 5.74) is 2.62. The Kier molecular flexibility index (Phi) is 4.34. The van der Waals surface area contributed by atoms with Crippen molar-refractivity contribution in [3.8, 4) is 0 Å². The van der Waals surface area contributed by atoms with Crippen LogP contribution in [0.15, 0.2) is 96.6 Å². The molecule has 0 amide bonds. The van der Waals surface area contributed by atoms with Gasteiger partial charge in [-0.3, -0.25) is 4.79 Å². The van der Waals surface area contributed by atoms with Crippen molar-refractivity contribution in [3.63, 3.8) is 0 Å². The lowest BCUT2D eigenvalue weighted by Crippen LogP contribution is -2.40. The zero-order valence-corrected chi connectivity index (χ0v) is 15.1. The number of allylic oxidation sites excluding steroid dienone is 5. The number of rotatable bonds is 4. The van der Waals surface area contributed by atoms with Crippen molar-refractivity contribution in [2.75, 3.05) is 0 Å². The predicted octanol–water partition coefficient (Wildman–Crippen LogP) is 5.64. The maximum Gasteiger partial charge on any atom is 0.162 e. The van der Waals surface area contributed by atoms with Crippen molar-refractivity contribution in [2.45, 2.75) is 26.2 Å². The molecule has 0 unspecified atom stereocenters. The fraction of sp³-hybridized carbons (Fsp3) is 0.208. The summed E-state index contributed by atoms with van der Waals surface area (Å²) in [5.74, 6) is 0.195. The second-order valence-corrected chi connectivity index (χ2v) is 6.97. The molecule has 0 N–H and O–H groups in total. The molecule has 1 aliphatic rings. The molecular formula is C24H24O. The second kappa shape index (κ2) is 6.33. The normalized spacial score (nSPS) is 18.8. The summed E-state index contributed by atoms with van der Waals surface area (Å²) in [6.07, 6.45) is 5.92. The van der Waals surface area contributed by atoms with Crippen molar-refractivity contribution in [1.82, 2.24) is 0 Å². The van der Waals surface area contributed by atoms with Gasteiger partial charge in [-0.2, -0.15) is 0 Å². The highest BCUT2D eigenvalue weighted by molar-refractivity contribution is 6.07. The molecule has 126 valence electrons. The third-order valence-electron chi connectivity index (χ3n) is 5.23. The summed E-state index contributed by atoms with van der Waals surface area (Å²) in [7, 11) is 0. The van der Waals surface area contributed by atoms with Crippen LogP contribution in [0, 0.1) is 5.41 Å². The smallest absolute Gasteiger partial charge is 0.162 e. The van der Waals surface area contributed by atoms with Gasteiger partial charge >= 0.3 is 0 Å². The fourth-order valence-corrected chi connectivity index (χ4v) is 4.10. The summed E-state index contributed by atoms with van der Waals surface area (Å²) < 4.78 is 0. The quantitative estimate of drug-likeness (QED) is 0.710. The summed E-state index contributed by atoms with van der Waals surface area (Å²) in [6, 6.07) is 20.1. The topological polar surface area (TPSA) is 17.1 Å². The summed E-state index contributed by atoms with van der Waals surface area (Å²) in [4.78, 5) is 13.9. The molecule has 0 spiro atoms. The van der Waals surface area contributed by atoms with Crippen molar-refractivity contribution in [1.29, 1.82) is 0 Å². The molecule has 2 aromatic rings. The number of Topliss-reactive ketones (excluding diaryl/α,β-unsaturated/α-hetero) is 1. The van der Waals surface area contributed by atoms with Gasteiger partial charge in [-0.15, -0.1) is 0 Å². The Morgan fingerprint density at radius 3 is 1.72 bits per heavy atom. The number of hydrogen-bond donors (Lipinski definition) is 0. The molecule has 0 aromatic heterocycles. The van der Waals surface area contributed by atoms with Gasteiger partial charge in [0.2, 0.25) is 0 Å². The molecule has 0 radical (unpaired) electrons. The van der Waals surface area contributed by atoms with E-state index >= 15 is 0 Å². The monoisotopic (exact) mass is 328 g/mol. The average molecular weight is 328 g/mol. The Morgan fingerprint density at radius 1 is 0.840 bits per heavy atom. The lowest BCUT2D eigenvalue weighted by Gasteiger charge is -2.33. The molecule has 0 heterocycles. The molecule has 0 saturated carbocycles. The molecule has 25 heavy (non-hydrogen) atoms. The van der Waals surface area contributed by atoms with E-state index in [-0.39, 0.29) is 5.78 Å². The minimum absolute atomic E-state index is 0.195. The first kappa shape index (κ1) is 17.2. The Labute approximate surface area is 150 Å². The first-order valence-electron chi connectivity index (χ1n) is 8.67. The molecule has 1 aliphatic carbocycles. The largest absolute Gasteiger partial charge is 0.297 e. The zero-order valence-electron chi connectivity index (χ0n) is 15.1. The third kappa shape index (κ3) is 2.34. The number of benzene rings is 2. The number of carbonyl (C=O) groups excluding carboxylic acids is 1. The average Bonchev–Trinajstić information content (AvgIpc) is 2.82. The molecule has 0 bridgehead atoms. The minimum atomic E-state index is -0.817. The van der Waals surface area contributed by atoms with E-state index in [0.29, 0.717) is 0 Å². The van der Waals surface area contributed by atoms with Crippen LogP contribution in [0.2, 0.25) is 0 Å². The third-order valence-corrected chi connectivity index (χ3v) is 5.23. The van der Waals surface area contributed by atoms with E-state index in [4.69, 9.17) is 0 Å². The summed E-state index contributed by atoms with van der Waals surface area (Å²) >= 11 is 0. The van der Waals surface area contributed by atoms with Crippen LogP contribution in [0.4, 0.5) is 0 Å². The van der Waals surface area contributed by atoms with Crippen LogP contribution in [-0.2, 0) is 10.2 Å². The van der Waals surface area contributed by atoms with Gasteiger partial charge < -0.3 is 0 Å².